The second-order valence-electron chi connectivity index (χ2n) is 3.60. The molecule has 1 rings (SSSR count). The molecule has 84 valence electrons. The van der Waals surface area contributed by atoms with Gasteiger partial charge in [0.25, 0.3) is 0 Å². The van der Waals surface area contributed by atoms with Crippen LogP contribution in [0.3, 0.4) is 0 Å². The van der Waals surface area contributed by atoms with Crippen LogP contribution in [0.5, 0.6) is 0 Å². The second kappa shape index (κ2) is 5.23. The Bertz CT molecular complexity index is 337. The van der Waals surface area contributed by atoms with Gasteiger partial charge in [-0.2, -0.15) is 0 Å². The van der Waals surface area contributed by atoms with Gasteiger partial charge in [-0.15, -0.1) is 11.3 Å². The molecule has 0 aliphatic carbocycles. The van der Waals surface area contributed by atoms with Gasteiger partial charge in [0.05, 0.1) is 17.2 Å². The normalized spacial score (nSPS) is 13.1. The minimum absolute atomic E-state index is 0.188. The van der Waals surface area contributed by atoms with Gasteiger partial charge in [0, 0.05) is 11.4 Å². The van der Waals surface area contributed by atoms with Crippen molar-refractivity contribution in [2.75, 3.05) is 7.05 Å². The van der Waals surface area contributed by atoms with Gasteiger partial charge in [-0.3, -0.25) is 9.69 Å². The largest absolute Gasteiger partial charge is 0.368 e. The highest BCUT2D eigenvalue weighted by Gasteiger charge is 2.19. The Morgan fingerprint density at radius 3 is 2.80 bits per heavy atom. The van der Waals surface area contributed by atoms with Crippen LogP contribution in [0.2, 0.25) is 0 Å². The van der Waals surface area contributed by atoms with Crippen molar-refractivity contribution in [3.8, 4) is 0 Å². The first-order valence-electron chi connectivity index (χ1n) is 4.94. The number of primary amides is 1. The van der Waals surface area contributed by atoms with E-state index < -0.39 is 0 Å². The molecule has 1 aromatic rings. The molecule has 0 aromatic carbocycles. The van der Waals surface area contributed by atoms with Crippen LogP contribution in [0.15, 0.2) is 5.51 Å². The van der Waals surface area contributed by atoms with Gasteiger partial charge in [-0.05, 0) is 20.4 Å². The van der Waals surface area contributed by atoms with Gasteiger partial charge in [0.1, 0.15) is 0 Å². The van der Waals surface area contributed by atoms with Gasteiger partial charge in [0.15, 0.2) is 0 Å². The summed E-state index contributed by atoms with van der Waals surface area (Å²) < 4.78 is 0. The maximum Gasteiger partial charge on any atom is 0.234 e. The molecule has 15 heavy (non-hydrogen) atoms. The highest BCUT2D eigenvalue weighted by atomic mass is 32.1. The molecular weight excluding hydrogens is 210 g/mol. The minimum atomic E-state index is -0.262. The molecule has 0 aliphatic rings. The third kappa shape index (κ3) is 3.00. The summed E-state index contributed by atoms with van der Waals surface area (Å²) in [5.41, 5.74) is 8.18. The molecule has 1 aromatic heterocycles. The Kier molecular flexibility index (Phi) is 4.23. The monoisotopic (exact) mass is 227 g/mol. The lowest BCUT2D eigenvalue weighted by Crippen LogP contribution is -2.41. The summed E-state index contributed by atoms with van der Waals surface area (Å²) in [6, 6.07) is -0.188. The Hall–Kier alpha value is -0.940. The van der Waals surface area contributed by atoms with Crippen LogP contribution in [0.1, 0.15) is 23.9 Å². The standard InChI is InChI=1S/C10H17N3OS/c1-4-8(10(11)14)13(3)5-9-7(2)12-6-15-9/h6,8H,4-5H2,1-3H3,(H2,11,14). The van der Waals surface area contributed by atoms with E-state index in [2.05, 4.69) is 4.98 Å². The second-order valence-corrected chi connectivity index (χ2v) is 4.54. The number of thiazole rings is 1. The van der Waals surface area contributed by atoms with Crippen LogP contribution in [-0.4, -0.2) is 28.9 Å². The molecule has 2 N–H and O–H groups in total. The number of hydrogen-bond donors (Lipinski definition) is 1. The van der Waals surface area contributed by atoms with E-state index in [-0.39, 0.29) is 11.9 Å². The quantitative estimate of drug-likeness (QED) is 0.821. The van der Waals surface area contributed by atoms with E-state index in [1.807, 2.05) is 31.3 Å². The van der Waals surface area contributed by atoms with E-state index >= 15 is 0 Å². The first-order valence-corrected chi connectivity index (χ1v) is 5.82. The molecular formula is C10H17N3OS. The fourth-order valence-corrected chi connectivity index (χ4v) is 2.38. The fraction of sp³-hybridized carbons (Fsp3) is 0.600. The molecule has 1 amide bonds. The summed E-state index contributed by atoms with van der Waals surface area (Å²) in [6.07, 6.45) is 0.740. The van der Waals surface area contributed by atoms with Crippen molar-refractivity contribution in [3.05, 3.63) is 16.1 Å². The van der Waals surface area contributed by atoms with E-state index in [1.165, 1.54) is 4.88 Å². The van der Waals surface area contributed by atoms with Crippen LogP contribution in [0.4, 0.5) is 0 Å². The Balaban J connectivity index is 2.66. The highest BCUT2D eigenvalue weighted by molar-refractivity contribution is 7.09. The number of nitrogens with two attached hydrogens (primary N) is 1. The van der Waals surface area contributed by atoms with Gasteiger partial charge in [-0.1, -0.05) is 6.92 Å². The summed E-state index contributed by atoms with van der Waals surface area (Å²) in [6.45, 7) is 4.67. The predicted molar refractivity (Wildman–Crippen MR) is 61.6 cm³/mol. The number of hydrogen-bond acceptors (Lipinski definition) is 4. The van der Waals surface area contributed by atoms with Gasteiger partial charge >= 0.3 is 0 Å². The number of carbonyl (C=O) groups excluding carboxylic acids is 1. The molecule has 0 fully saturated rings. The van der Waals surface area contributed by atoms with E-state index in [4.69, 9.17) is 5.73 Å². The maximum atomic E-state index is 11.2. The fourth-order valence-electron chi connectivity index (χ4n) is 1.54. The minimum Gasteiger partial charge on any atom is -0.368 e. The van der Waals surface area contributed by atoms with Crippen LogP contribution in [0, 0.1) is 6.92 Å². The van der Waals surface area contributed by atoms with Crippen molar-refractivity contribution in [1.29, 1.82) is 0 Å². The molecule has 0 radical (unpaired) electrons. The lowest BCUT2D eigenvalue weighted by atomic mass is 10.2. The number of nitrogens with zero attached hydrogens (tertiary/aromatic N) is 2. The van der Waals surface area contributed by atoms with Crippen LogP contribution < -0.4 is 5.73 Å². The number of aromatic nitrogens is 1. The Labute approximate surface area is 94.1 Å². The molecule has 0 saturated carbocycles. The SMILES string of the molecule is CCC(C(N)=O)N(C)Cc1scnc1C. The van der Waals surface area contributed by atoms with Crippen LogP contribution in [-0.2, 0) is 11.3 Å². The predicted octanol–water partition coefficient (Wildman–Crippen LogP) is 1.15. The average Bonchev–Trinajstić information content (AvgIpc) is 2.52. The van der Waals surface area contributed by atoms with Gasteiger partial charge < -0.3 is 5.73 Å². The molecule has 1 heterocycles. The van der Waals surface area contributed by atoms with Crippen LogP contribution in [0.25, 0.3) is 0 Å². The first-order chi connectivity index (χ1) is 7.06. The summed E-state index contributed by atoms with van der Waals surface area (Å²) in [4.78, 5) is 18.5. The van der Waals surface area contributed by atoms with Crippen molar-refractivity contribution in [1.82, 2.24) is 9.88 Å². The molecule has 0 saturated heterocycles. The lowest BCUT2D eigenvalue weighted by molar-refractivity contribution is -0.123. The lowest BCUT2D eigenvalue weighted by Gasteiger charge is -2.23. The molecule has 5 heteroatoms. The molecule has 0 spiro atoms. The third-order valence-corrected chi connectivity index (χ3v) is 3.40. The summed E-state index contributed by atoms with van der Waals surface area (Å²) in [5, 5.41) is 0. The maximum absolute atomic E-state index is 11.2. The van der Waals surface area contributed by atoms with Crippen molar-refractivity contribution in [2.24, 2.45) is 5.73 Å². The van der Waals surface area contributed by atoms with Gasteiger partial charge in [-0.25, -0.2) is 4.98 Å². The van der Waals surface area contributed by atoms with Crippen molar-refractivity contribution in [2.45, 2.75) is 32.9 Å². The third-order valence-electron chi connectivity index (χ3n) is 2.49. The van der Waals surface area contributed by atoms with E-state index in [1.54, 1.807) is 11.3 Å². The summed E-state index contributed by atoms with van der Waals surface area (Å²) in [7, 11) is 1.91. The van der Waals surface area contributed by atoms with Crippen molar-refractivity contribution in [3.63, 3.8) is 0 Å². The van der Waals surface area contributed by atoms with E-state index in [9.17, 15) is 4.79 Å². The van der Waals surface area contributed by atoms with E-state index in [0.29, 0.717) is 0 Å². The number of rotatable bonds is 5. The molecule has 0 aliphatic heterocycles. The zero-order valence-corrected chi connectivity index (χ0v) is 10.2. The van der Waals surface area contributed by atoms with E-state index in [0.717, 1.165) is 18.7 Å². The zero-order valence-electron chi connectivity index (χ0n) is 9.36. The highest BCUT2D eigenvalue weighted by Crippen LogP contribution is 2.16. The smallest absolute Gasteiger partial charge is 0.234 e. The Morgan fingerprint density at radius 2 is 2.40 bits per heavy atom. The number of amides is 1. The zero-order chi connectivity index (χ0) is 11.4. The number of aryl methyl sites for hydroxylation is 1. The average molecular weight is 227 g/mol. The summed E-state index contributed by atoms with van der Waals surface area (Å²) in [5.74, 6) is -0.262. The number of carbonyl (C=O) groups is 1. The molecule has 1 atom stereocenters. The molecule has 4 nitrogen and oxygen atoms in total. The molecule has 0 bridgehead atoms. The Morgan fingerprint density at radius 1 is 1.73 bits per heavy atom. The van der Waals surface area contributed by atoms with Crippen molar-refractivity contribution < 1.29 is 4.79 Å². The molecule has 1 unspecified atom stereocenters. The first kappa shape index (κ1) is 12.1. The van der Waals surface area contributed by atoms with Crippen LogP contribution >= 0.6 is 11.3 Å². The topological polar surface area (TPSA) is 59.2 Å². The summed E-state index contributed by atoms with van der Waals surface area (Å²) >= 11 is 1.61. The van der Waals surface area contributed by atoms with Crippen molar-refractivity contribution >= 4 is 17.2 Å². The number of likely N-dealkylation sites (N-methyl/N-ethyl adjacent to an activating group) is 1. The van der Waals surface area contributed by atoms with Gasteiger partial charge in [0.2, 0.25) is 5.91 Å².